The van der Waals surface area contributed by atoms with E-state index in [0.717, 1.165) is 5.56 Å². The maximum absolute atomic E-state index is 12.2. The number of amides is 2. The van der Waals surface area contributed by atoms with Crippen molar-refractivity contribution in [2.75, 3.05) is 11.9 Å². The molecule has 2 rings (SSSR count). The van der Waals surface area contributed by atoms with Crippen LogP contribution in [0.1, 0.15) is 15.9 Å². The number of nitro groups is 1. The first kappa shape index (κ1) is 19.1. The second kappa shape index (κ2) is 8.26. The van der Waals surface area contributed by atoms with Gasteiger partial charge in [0.05, 0.1) is 27.7 Å². The lowest BCUT2D eigenvalue weighted by Gasteiger charge is -2.09. The van der Waals surface area contributed by atoms with Crippen LogP contribution < -0.4 is 10.6 Å². The minimum atomic E-state index is -0.584. The van der Waals surface area contributed by atoms with Crippen LogP contribution in [0.2, 0.25) is 5.02 Å². The molecule has 0 aromatic heterocycles. The number of rotatable bonds is 5. The fraction of sp³-hybridized carbons (Fsp3) is 0.125. The van der Waals surface area contributed by atoms with Crippen LogP contribution in [0, 0.1) is 20.6 Å². The van der Waals surface area contributed by atoms with Gasteiger partial charge < -0.3 is 10.6 Å². The molecular weight excluding hydrogens is 461 g/mol. The van der Waals surface area contributed by atoms with Crippen molar-refractivity contribution < 1.29 is 14.5 Å². The van der Waals surface area contributed by atoms with Crippen molar-refractivity contribution in [3.8, 4) is 0 Å². The molecular formula is C16H13ClIN3O4. The Hall–Kier alpha value is -2.20. The van der Waals surface area contributed by atoms with Gasteiger partial charge in [-0.15, -0.1) is 0 Å². The van der Waals surface area contributed by atoms with Crippen LogP contribution in [0.4, 0.5) is 11.4 Å². The number of halogens is 2. The van der Waals surface area contributed by atoms with Gasteiger partial charge in [-0.2, -0.15) is 0 Å². The fourth-order valence-electron chi connectivity index (χ4n) is 1.97. The van der Waals surface area contributed by atoms with Gasteiger partial charge in [-0.05, 0) is 53.3 Å². The Kier molecular flexibility index (Phi) is 6.32. The summed E-state index contributed by atoms with van der Waals surface area (Å²) in [6.45, 7) is 1.58. The molecule has 0 bridgehead atoms. The van der Waals surface area contributed by atoms with Gasteiger partial charge in [-0.1, -0.05) is 17.7 Å². The molecule has 0 aliphatic rings. The van der Waals surface area contributed by atoms with Crippen molar-refractivity contribution in [3.63, 3.8) is 0 Å². The largest absolute Gasteiger partial charge is 0.343 e. The van der Waals surface area contributed by atoms with Gasteiger partial charge in [0.1, 0.15) is 0 Å². The maximum atomic E-state index is 12.2. The normalized spacial score (nSPS) is 10.2. The van der Waals surface area contributed by atoms with Crippen LogP contribution in [-0.2, 0) is 4.79 Å². The zero-order valence-corrected chi connectivity index (χ0v) is 15.9. The molecule has 0 fully saturated rings. The summed E-state index contributed by atoms with van der Waals surface area (Å²) in [5.41, 5.74) is 1.34. The highest BCUT2D eigenvalue weighted by Crippen LogP contribution is 2.22. The zero-order chi connectivity index (χ0) is 18.6. The number of hydrogen-bond acceptors (Lipinski definition) is 4. The van der Waals surface area contributed by atoms with E-state index >= 15 is 0 Å². The van der Waals surface area contributed by atoms with E-state index in [0.29, 0.717) is 14.3 Å². The van der Waals surface area contributed by atoms with Gasteiger partial charge in [-0.3, -0.25) is 19.7 Å². The molecule has 25 heavy (non-hydrogen) atoms. The number of carbonyl (C=O) groups is 2. The van der Waals surface area contributed by atoms with E-state index in [9.17, 15) is 19.7 Å². The summed E-state index contributed by atoms with van der Waals surface area (Å²) < 4.78 is 0.544. The molecule has 0 spiro atoms. The van der Waals surface area contributed by atoms with E-state index in [2.05, 4.69) is 10.6 Å². The van der Waals surface area contributed by atoms with Crippen LogP contribution in [-0.4, -0.2) is 23.3 Å². The second-order valence-electron chi connectivity index (χ2n) is 5.14. The third-order valence-electron chi connectivity index (χ3n) is 3.21. The molecule has 0 heterocycles. The predicted molar refractivity (Wildman–Crippen MR) is 103 cm³/mol. The highest BCUT2D eigenvalue weighted by Gasteiger charge is 2.16. The molecule has 130 valence electrons. The number of non-ortho nitro benzene ring substituents is 1. The molecule has 9 heteroatoms. The van der Waals surface area contributed by atoms with Crippen molar-refractivity contribution in [1.29, 1.82) is 0 Å². The summed E-state index contributed by atoms with van der Waals surface area (Å²) in [5.74, 6) is -1.03. The Morgan fingerprint density at radius 3 is 2.60 bits per heavy atom. The van der Waals surface area contributed by atoms with E-state index in [-0.39, 0.29) is 17.8 Å². The number of nitro benzene ring substituents is 1. The van der Waals surface area contributed by atoms with E-state index in [1.54, 1.807) is 18.2 Å². The molecule has 0 saturated carbocycles. The van der Waals surface area contributed by atoms with E-state index in [1.807, 2.05) is 29.5 Å². The van der Waals surface area contributed by atoms with E-state index < -0.39 is 16.7 Å². The Bertz CT molecular complexity index is 857. The van der Waals surface area contributed by atoms with Gasteiger partial charge in [0, 0.05) is 15.7 Å². The van der Waals surface area contributed by atoms with E-state index in [4.69, 9.17) is 11.6 Å². The number of hydrogen-bond donors (Lipinski definition) is 2. The first-order chi connectivity index (χ1) is 11.8. The third-order valence-corrected chi connectivity index (χ3v) is 4.47. The van der Waals surface area contributed by atoms with Gasteiger partial charge in [0.2, 0.25) is 5.91 Å². The SMILES string of the molecule is Cc1ccc(NC(=O)CNC(=O)c2cc([N+](=O)[O-])ccc2I)c(Cl)c1. The van der Waals surface area contributed by atoms with Crippen LogP contribution >= 0.6 is 34.2 Å². The van der Waals surface area contributed by atoms with Gasteiger partial charge in [-0.25, -0.2) is 0 Å². The Labute approximate surface area is 162 Å². The maximum Gasteiger partial charge on any atom is 0.270 e. The Balaban J connectivity index is 2.01. The topological polar surface area (TPSA) is 101 Å². The fourth-order valence-corrected chi connectivity index (χ4v) is 2.84. The molecule has 7 nitrogen and oxygen atoms in total. The van der Waals surface area contributed by atoms with Crippen molar-refractivity contribution in [2.45, 2.75) is 6.92 Å². The molecule has 2 aromatic rings. The minimum absolute atomic E-state index is 0.135. The molecule has 0 unspecified atom stereocenters. The van der Waals surface area contributed by atoms with Gasteiger partial charge >= 0.3 is 0 Å². The highest BCUT2D eigenvalue weighted by atomic mass is 127. The molecule has 0 aliphatic heterocycles. The Morgan fingerprint density at radius 2 is 1.96 bits per heavy atom. The van der Waals surface area contributed by atoms with Gasteiger partial charge in [0.25, 0.3) is 11.6 Å². The standard InChI is InChI=1S/C16H13ClIN3O4/c1-9-2-5-14(12(17)6-9)20-15(22)8-19-16(23)11-7-10(21(24)25)3-4-13(11)18/h2-7H,8H2,1H3,(H,19,23)(H,20,22). The van der Waals surface area contributed by atoms with Crippen LogP contribution in [0.3, 0.4) is 0 Å². The quantitative estimate of drug-likeness (QED) is 0.394. The molecule has 2 N–H and O–H groups in total. The third kappa shape index (κ3) is 5.13. The van der Waals surface area contributed by atoms with Crippen LogP contribution in [0.15, 0.2) is 36.4 Å². The number of nitrogens with zero attached hydrogens (tertiary/aromatic N) is 1. The van der Waals surface area contributed by atoms with Crippen molar-refractivity contribution >= 4 is 57.4 Å². The Morgan fingerprint density at radius 1 is 1.24 bits per heavy atom. The lowest BCUT2D eigenvalue weighted by Crippen LogP contribution is -2.33. The predicted octanol–water partition coefficient (Wildman–Crippen LogP) is 3.53. The van der Waals surface area contributed by atoms with Gasteiger partial charge in [0.15, 0.2) is 0 Å². The first-order valence-electron chi connectivity index (χ1n) is 7.06. The number of aryl methyl sites for hydroxylation is 1. The van der Waals surface area contributed by atoms with Crippen LogP contribution in [0.25, 0.3) is 0 Å². The number of benzene rings is 2. The zero-order valence-electron chi connectivity index (χ0n) is 13.0. The average Bonchev–Trinajstić information content (AvgIpc) is 2.55. The van der Waals surface area contributed by atoms with Crippen molar-refractivity contribution in [1.82, 2.24) is 5.32 Å². The van der Waals surface area contributed by atoms with E-state index in [1.165, 1.54) is 18.2 Å². The monoisotopic (exact) mass is 473 g/mol. The van der Waals surface area contributed by atoms with Crippen LogP contribution in [0.5, 0.6) is 0 Å². The number of carbonyl (C=O) groups excluding carboxylic acids is 2. The molecule has 2 amide bonds. The summed E-state index contributed by atoms with van der Waals surface area (Å²) in [4.78, 5) is 34.3. The number of anilines is 1. The smallest absolute Gasteiger partial charge is 0.270 e. The summed E-state index contributed by atoms with van der Waals surface area (Å²) in [6, 6.07) is 9.13. The summed E-state index contributed by atoms with van der Waals surface area (Å²) in [5, 5.41) is 16.2. The molecule has 0 radical (unpaired) electrons. The molecule has 0 aliphatic carbocycles. The second-order valence-corrected chi connectivity index (χ2v) is 6.70. The minimum Gasteiger partial charge on any atom is -0.343 e. The van der Waals surface area contributed by atoms with Crippen molar-refractivity contribution in [3.05, 3.63) is 66.2 Å². The van der Waals surface area contributed by atoms with Crippen molar-refractivity contribution in [2.24, 2.45) is 0 Å². The summed E-state index contributed by atoms with van der Waals surface area (Å²) in [6.07, 6.45) is 0. The lowest BCUT2D eigenvalue weighted by molar-refractivity contribution is -0.384. The molecule has 0 atom stereocenters. The molecule has 0 saturated heterocycles. The molecule has 2 aromatic carbocycles. The highest BCUT2D eigenvalue weighted by molar-refractivity contribution is 14.1. The summed E-state index contributed by atoms with van der Waals surface area (Å²) in [7, 11) is 0. The number of nitrogens with one attached hydrogen (secondary N) is 2. The lowest BCUT2D eigenvalue weighted by atomic mass is 10.2. The first-order valence-corrected chi connectivity index (χ1v) is 8.51. The average molecular weight is 474 g/mol. The summed E-state index contributed by atoms with van der Waals surface area (Å²) >= 11 is 7.93.